The summed E-state index contributed by atoms with van der Waals surface area (Å²) in [5.74, 6) is -2.44. The Morgan fingerprint density at radius 2 is 1.20 bits per heavy atom. The van der Waals surface area contributed by atoms with Crippen LogP contribution in [0.2, 0.25) is 0 Å². The van der Waals surface area contributed by atoms with Gasteiger partial charge in [0.15, 0.2) is 0 Å². The Kier molecular flexibility index (Phi) is 32.8. The zero-order valence-electron chi connectivity index (χ0n) is 30.9. The fourth-order valence-electron chi connectivity index (χ4n) is 5.31. The van der Waals surface area contributed by atoms with Crippen LogP contribution in [0.4, 0.5) is 0 Å². The molecule has 9 heteroatoms. The zero-order chi connectivity index (χ0) is 36.2. The van der Waals surface area contributed by atoms with Gasteiger partial charge in [0.25, 0.3) is 0 Å². The fraction of sp³-hybridized carbons (Fsp3) is 0.750. The van der Waals surface area contributed by atoms with Gasteiger partial charge >= 0.3 is 11.9 Å². The molecule has 0 saturated heterocycles. The molecule has 0 saturated carbocycles. The maximum Gasteiger partial charge on any atom is 0.328 e. The van der Waals surface area contributed by atoms with Crippen LogP contribution >= 0.6 is 0 Å². The van der Waals surface area contributed by atoms with Gasteiger partial charge in [0.05, 0.1) is 13.2 Å². The minimum atomic E-state index is -1.39. The highest BCUT2D eigenvalue weighted by Gasteiger charge is 2.18. The van der Waals surface area contributed by atoms with Crippen LogP contribution in [0.1, 0.15) is 168 Å². The number of carboxylic acid groups (broad SMARTS) is 1. The molecule has 0 aromatic carbocycles. The maximum absolute atomic E-state index is 12.6. The van der Waals surface area contributed by atoms with Crippen LogP contribution in [0.3, 0.4) is 0 Å². The Morgan fingerprint density at radius 3 is 1.82 bits per heavy atom. The minimum absolute atomic E-state index is 0.140. The molecule has 0 aliphatic rings. The molecule has 0 aromatic rings. The van der Waals surface area contributed by atoms with Crippen LogP contribution in [0.5, 0.6) is 0 Å². The van der Waals surface area contributed by atoms with Crippen molar-refractivity contribution in [3.63, 3.8) is 0 Å². The molecule has 0 bridgehead atoms. The van der Waals surface area contributed by atoms with Crippen molar-refractivity contribution in [2.24, 2.45) is 0 Å². The summed E-state index contributed by atoms with van der Waals surface area (Å²) in [7, 11) is 0. The van der Waals surface area contributed by atoms with Gasteiger partial charge in [-0.1, -0.05) is 121 Å². The van der Waals surface area contributed by atoms with E-state index in [1.165, 1.54) is 64.2 Å². The molecule has 282 valence electrons. The summed E-state index contributed by atoms with van der Waals surface area (Å²) in [4.78, 5) is 47.3. The molecule has 2 atom stereocenters. The van der Waals surface area contributed by atoms with E-state index < -0.39 is 24.5 Å². The molecule has 0 spiro atoms. The normalized spacial score (nSPS) is 12.9. The molecule has 9 nitrogen and oxygen atoms in total. The number of carboxylic acids is 1. The molecule has 0 aliphatic heterocycles. The first-order valence-corrected chi connectivity index (χ1v) is 19.4. The van der Waals surface area contributed by atoms with Crippen molar-refractivity contribution < 1.29 is 34.1 Å². The lowest BCUT2D eigenvalue weighted by atomic mass is 10.1. The number of aliphatic hydroxyl groups excluding tert-OH is 1. The van der Waals surface area contributed by atoms with E-state index in [1.54, 1.807) is 0 Å². The van der Waals surface area contributed by atoms with Gasteiger partial charge in [-0.2, -0.15) is 0 Å². The van der Waals surface area contributed by atoms with E-state index in [-0.39, 0.29) is 30.9 Å². The summed E-state index contributed by atoms with van der Waals surface area (Å²) >= 11 is 0. The van der Waals surface area contributed by atoms with Gasteiger partial charge in [-0.3, -0.25) is 14.4 Å². The molecule has 0 rings (SSSR count). The van der Waals surface area contributed by atoms with Gasteiger partial charge in [-0.05, 0) is 70.3 Å². The van der Waals surface area contributed by atoms with E-state index >= 15 is 0 Å². The van der Waals surface area contributed by atoms with E-state index in [0.29, 0.717) is 12.8 Å². The van der Waals surface area contributed by atoms with Crippen LogP contribution in [0.15, 0.2) is 36.5 Å². The number of hydrogen-bond donors (Lipinski definition) is 4. The minimum Gasteiger partial charge on any atom is -0.480 e. The van der Waals surface area contributed by atoms with Gasteiger partial charge in [0, 0.05) is 12.8 Å². The lowest BCUT2D eigenvalue weighted by molar-refractivity contribution is -0.147. The third-order valence-electron chi connectivity index (χ3n) is 8.32. The Hall–Kier alpha value is -2.94. The highest BCUT2D eigenvalue weighted by atomic mass is 16.5. The second-order valence-electron chi connectivity index (χ2n) is 13.0. The average molecular weight is 691 g/mol. The van der Waals surface area contributed by atoms with Crippen molar-refractivity contribution >= 4 is 23.8 Å². The lowest BCUT2D eigenvalue weighted by Crippen LogP contribution is -2.47. The van der Waals surface area contributed by atoms with Gasteiger partial charge < -0.3 is 25.6 Å². The number of carbonyl (C=O) groups excluding carboxylic acids is 3. The first-order chi connectivity index (χ1) is 23.8. The van der Waals surface area contributed by atoms with E-state index in [1.807, 2.05) is 6.08 Å². The molecule has 4 N–H and O–H groups in total. The molecular weight excluding hydrogens is 620 g/mol. The number of aliphatic carboxylic acids is 1. The third kappa shape index (κ3) is 32.0. The van der Waals surface area contributed by atoms with E-state index in [2.05, 4.69) is 54.9 Å². The zero-order valence-corrected chi connectivity index (χ0v) is 30.9. The number of aliphatic hydroxyl groups is 1. The predicted octanol–water partition coefficient (Wildman–Crippen LogP) is 8.65. The van der Waals surface area contributed by atoms with Gasteiger partial charge in [-0.25, -0.2) is 4.79 Å². The van der Waals surface area contributed by atoms with Crippen molar-refractivity contribution in [2.75, 3.05) is 13.2 Å². The molecule has 0 aliphatic carbocycles. The van der Waals surface area contributed by atoms with Crippen molar-refractivity contribution in [3.8, 4) is 0 Å². The number of nitrogens with one attached hydrogen (secondary N) is 2. The Balaban J connectivity index is 4.20. The van der Waals surface area contributed by atoms with Crippen LogP contribution < -0.4 is 10.6 Å². The van der Waals surface area contributed by atoms with Crippen LogP contribution in [0, 0.1) is 0 Å². The molecule has 2 unspecified atom stereocenters. The number of rotatable bonds is 34. The van der Waals surface area contributed by atoms with Crippen molar-refractivity contribution in [3.05, 3.63) is 36.5 Å². The molecule has 0 fully saturated rings. The second kappa shape index (κ2) is 34.9. The molecule has 2 amide bonds. The van der Waals surface area contributed by atoms with Crippen LogP contribution in [0.25, 0.3) is 0 Å². The largest absolute Gasteiger partial charge is 0.480 e. The standard InChI is InChI=1S/C40H70N2O7/c1-3-5-7-9-11-12-13-14-15-16-17-18-19-20-22-28-32-39(46)49-35(29-25-21-10-8-6-4-2)30-26-23-24-27-31-37(44)41-33-38(45)42-36(34-43)40(47)48/h8,10,15-16,25,29,35-36,43H,3-7,9,11-14,17-24,26-28,30-34H2,1-2H3,(H,41,44)(H,42,45)(H,47,48)/b10-8-,16-15-,29-25-. The summed E-state index contributed by atoms with van der Waals surface area (Å²) in [5.41, 5.74) is 0. The van der Waals surface area contributed by atoms with Crippen molar-refractivity contribution in [2.45, 2.75) is 180 Å². The quantitative estimate of drug-likeness (QED) is 0.0301. The van der Waals surface area contributed by atoms with E-state index in [0.717, 1.165) is 70.6 Å². The van der Waals surface area contributed by atoms with Gasteiger partial charge in [0.1, 0.15) is 12.1 Å². The summed E-state index contributed by atoms with van der Waals surface area (Å²) in [6.45, 7) is 3.34. The number of hydrogen-bond acceptors (Lipinski definition) is 6. The van der Waals surface area contributed by atoms with E-state index in [4.69, 9.17) is 14.9 Å². The molecule has 0 heterocycles. The molecule has 0 radical (unpaired) electrons. The highest BCUT2D eigenvalue weighted by Crippen LogP contribution is 2.15. The number of allylic oxidation sites excluding steroid dienone is 5. The summed E-state index contributed by atoms with van der Waals surface area (Å²) in [6.07, 6.45) is 37.7. The monoisotopic (exact) mass is 691 g/mol. The Morgan fingerprint density at radius 1 is 0.633 bits per heavy atom. The van der Waals surface area contributed by atoms with Crippen molar-refractivity contribution in [1.82, 2.24) is 10.6 Å². The van der Waals surface area contributed by atoms with Gasteiger partial charge in [-0.15, -0.1) is 0 Å². The Labute approximate surface area is 297 Å². The highest BCUT2D eigenvalue weighted by molar-refractivity contribution is 5.87. The number of carbonyl (C=O) groups is 4. The Bertz CT molecular complexity index is 932. The first-order valence-electron chi connectivity index (χ1n) is 19.4. The number of amides is 2. The summed E-state index contributed by atoms with van der Waals surface area (Å²) in [6, 6.07) is -1.39. The molecular formula is C40H70N2O7. The smallest absolute Gasteiger partial charge is 0.328 e. The predicted molar refractivity (Wildman–Crippen MR) is 199 cm³/mol. The molecule has 0 aromatic heterocycles. The molecule has 49 heavy (non-hydrogen) atoms. The number of ether oxygens (including phenoxy) is 1. The lowest BCUT2D eigenvalue weighted by Gasteiger charge is -2.15. The maximum atomic E-state index is 12.6. The fourth-order valence-corrected chi connectivity index (χ4v) is 5.31. The third-order valence-corrected chi connectivity index (χ3v) is 8.32. The topological polar surface area (TPSA) is 142 Å². The van der Waals surface area contributed by atoms with Crippen LogP contribution in [-0.4, -0.2) is 59.3 Å². The average Bonchev–Trinajstić information content (AvgIpc) is 3.08. The van der Waals surface area contributed by atoms with Crippen LogP contribution in [-0.2, 0) is 23.9 Å². The summed E-state index contributed by atoms with van der Waals surface area (Å²) < 4.78 is 5.84. The number of unbranched alkanes of at least 4 members (excludes halogenated alkanes) is 16. The first kappa shape index (κ1) is 46.1. The summed E-state index contributed by atoms with van der Waals surface area (Å²) in [5, 5.41) is 22.5. The van der Waals surface area contributed by atoms with Gasteiger partial charge in [0.2, 0.25) is 11.8 Å². The number of esters is 1. The van der Waals surface area contributed by atoms with E-state index in [9.17, 15) is 19.2 Å². The SMILES string of the molecule is CCC/C=C\C/C=C\C(CCCCCCC(=O)NCC(=O)NC(CO)C(=O)O)OC(=O)CCCCCCC/C=C\CCCCCCCCC. The second-order valence-corrected chi connectivity index (χ2v) is 13.0. The van der Waals surface area contributed by atoms with Crippen molar-refractivity contribution in [1.29, 1.82) is 0 Å².